The molecule has 0 aromatic heterocycles. The van der Waals surface area contributed by atoms with Gasteiger partial charge < -0.3 is 20.3 Å². The van der Waals surface area contributed by atoms with Crippen molar-refractivity contribution in [2.75, 3.05) is 13.2 Å². The average Bonchev–Trinajstić information content (AvgIpc) is 3.33. The highest BCUT2D eigenvalue weighted by Crippen LogP contribution is 2.17. The van der Waals surface area contributed by atoms with Gasteiger partial charge in [-0.3, -0.25) is 9.59 Å². The highest BCUT2D eigenvalue weighted by Gasteiger charge is 2.18. The van der Waals surface area contributed by atoms with Crippen LogP contribution in [0.1, 0.15) is 316 Å². The Morgan fingerprint density at radius 1 is 0.418 bits per heavy atom. The van der Waals surface area contributed by atoms with Gasteiger partial charge in [-0.25, -0.2) is 0 Å². The van der Waals surface area contributed by atoms with E-state index < -0.39 is 12.1 Å². The van der Waals surface area contributed by atoms with Crippen molar-refractivity contribution in [2.45, 2.75) is 328 Å². The number of carbonyl (C=O) groups is 2. The fourth-order valence-electron chi connectivity index (χ4n) is 9.08. The molecule has 2 unspecified atom stereocenters. The normalized spacial score (nSPS) is 12.8. The van der Waals surface area contributed by atoms with E-state index in [1.165, 1.54) is 225 Å². The predicted octanol–water partition coefficient (Wildman–Crippen LogP) is 18.4. The molecule has 0 aliphatic rings. The Bertz CT molecular complexity index is 1090. The van der Waals surface area contributed by atoms with Crippen molar-refractivity contribution in [3.05, 3.63) is 36.5 Å². The van der Waals surface area contributed by atoms with Gasteiger partial charge in [-0.1, -0.05) is 275 Å². The molecule has 6 heteroatoms. The van der Waals surface area contributed by atoms with Crippen molar-refractivity contribution in [3.8, 4) is 0 Å². The SMILES string of the molecule is CCCCC/C=C\C/C=C\CCCCCCCCCC(=O)OCCCCCCCCCCCCCCCCCC(=O)NC(CO)C(O)/C=C/CCCCCCCCCCCCCCCCCC. The van der Waals surface area contributed by atoms with Gasteiger partial charge in [0.25, 0.3) is 0 Å². The van der Waals surface area contributed by atoms with Crippen LogP contribution in [0.15, 0.2) is 36.5 Å². The lowest BCUT2D eigenvalue weighted by Crippen LogP contribution is -2.45. The summed E-state index contributed by atoms with van der Waals surface area (Å²) >= 11 is 0. The van der Waals surface area contributed by atoms with Crippen LogP contribution in [0.2, 0.25) is 0 Å². The molecule has 0 radical (unpaired) electrons. The number of hydrogen-bond acceptors (Lipinski definition) is 5. The quantitative estimate of drug-likeness (QED) is 0.0321. The van der Waals surface area contributed by atoms with Crippen molar-refractivity contribution >= 4 is 11.9 Å². The number of carbonyl (C=O) groups excluding carboxylic acids is 2. The highest BCUT2D eigenvalue weighted by atomic mass is 16.5. The van der Waals surface area contributed by atoms with E-state index in [2.05, 4.69) is 43.5 Å². The smallest absolute Gasteiger partial charge is 0.305 e. The predicted molar refractivity (Wildman–Crippen MR) is 292 cm³/mol. The molecule has 0 saturated heterocycles. The zero-order valence-corrected chi connectivity index (χ0v) is 44.9. The van der Waals surface area contributed by atoms with Crippen LogP contribution in [0, 0.1) is 0 Å². The molecule has 394 valence electrons. The topological polar surface area (TPSA) is 95.9 Å². The number of nitrogens with one attached hydrogen (secondary N) is 1. The number of rotatable bonds is 55. The summed E-state index contributed by atoms with van der Waals surface area (Å²) in [5.41, 5.74) is 0. The van der Waals surface area contributed by atoms with Crippen molar-refractivity contribution in [1.82, 2.24) is 5.32 Å². The molecule has 0 aromatic carbocycles. The molecule has 6 nitrogen and oxygen atoms in total. The zero-order valence-electron chi connectivity index (χ0n) is 44.9. The summed E-state index contributed by atoms with van der Waals surface area (Å²) in [5.74, 6) is -0.0832. The van der Waals surface area contributed by atoms with E-state index in [-0.39, 0.29) is 18.5 Å². The van der Waals surface area contributed by atoms with Crippen LogP contribution in [-0.2, 0) is 14.3 Å². The summed E-state index contributed by atoms with van der Waals surface area (Å²) in [6, 6.07) is -0.635. The van der Waals surface area contributed by atoms with E-state index in [9.17, 15) is 19.8 Å². The molecule has 0 aliphatic carbocycles. The molecule has 0 fully saturated rings. The fraction of sp³-hybridized carbons (Fsp3) is 0.869. The number of ether oxygens (including phenoxy) is 1. The molecule has 0 heterocycles. The van der Waals surface area contributed by atoms with E-state index in [4.69, 9.17) is 4.74 Å². The maximum atomic E-state index is 12.5. The van der Waals surface area contributed by atoms with E-state index in [1.54, 1.807) is 6.08 Å². The molecular formula is C61H115NO5. The van der Waals surface area contributed by atoms with Crippen molar-refractivity contribution in [3.63, 3.8) is 0 Å². The number of esters is 1. The second-order valence-corrected chi connectivity index (χ2v) is 20.3. The second-order valence-electron chi connectivity index (χ2n) is 20.3. The molecule has 0 aliphatic heterocycles. The molecule has 3 N–H and O–H groups in total. The van der Waals surface area contributed by atoms with Crippen molar-refractivity contribution < 1.29 is 24.5 Å². The Morgan fingerprint density at radius 2 is 0.746 bits per heavy atom. The number of aliphatic hydroxyl groups is 2. The third-order valence-corrected chi connectivity index (χ3v) is 13.7. The van der Waals surface area contributed by atoms with Gasteiger partial charge in [-0.15, -0.1) is 0 Å². The van der Waals surface area contributed by atoms with Crippen molar-refractivity contribution in [1.29, 1.82) is 0 Å². The lowest BCUT2D eigenvalue weighted by molar-refractivity contribution is -0.143. The molecule has 1 amide bonds. The highest BCUT2D eigenvalue weighted by molar-refractivity contribution is 5.76. The Hall–Kier alpha value is -1.92. The lowest BCUT2D eigenvalue weighted by atomic mass is 10.0. The van der Waals surface area contributed by atoms with Crippen LogP contribution in [0.5, 0.6) is 0 Å². The standard InChI is InChI=1S/C61H115NO5/c1-3-5-7-9-11-13-15-17-19-21-23-25-29-33-37-41-45-49-53-59(64)58(57-63)62-60(65)54-50-46-42-38-34-30-26-24-28-32-36-40-44-48-52-56-67-61(66)55-51-47-43-39-35-31-27-22-20-18-16-14-12-10-8-6-4-2/h12,14,18,20,49,53,58-59,63-64H,3-11,13,15-17,19,21-48,50-52,54-57H2,1-2H3,(H,62,65)/b14-12-,20-18-,53-49+. The Balaban J connectivity index is 3.46. The third kappa shape index (κ3) is 53.3. The summed E-state index contributed by atoms with van der Waals surface area (Å²) < 4.78 is 5.48. The molecule has 0 bridgehead atoms. The van der Waals surface area contributed by atoms with Gasteiger partial charge in [0, 0.05) is 12.8 Å². The largest absolute Gasteiger partial charge is 0.466 e. The van der Waals surface area contributed by atoms with Gasteiger partial charge in [0.15, 0.2) is 0 Å². The molecule has 2 atom stereocenters. The summed E-state index contributed by atoms with van der Waals surface area (Å²) in [6.07, 6.45) is 70.2. The number of hydrogen-bond donors (Lipinski definition) is 3. The van der Waals surface area contributed by atoms with Gasteiger partial charge in [0.05, 0.1) is 25.4 Å². The Kier molecular flexibility index (Phi) is 55.0. The molecule has 67 heavy (non-hydrogen) atoms. The molecule has 0 spiro atoms. The lowest BCUT2D eigenvalue weighted by Gasteiger charge is -2.20. The van der Waals surface area contributed by atoms with E-state index in [0.29, 0.717) is 19.4 Å². The first-order chi connectivity index (χ1) is 33.0. The first-order valence-corrected chi connectivity index (χ1v) is 29.8. The zero-order chi connectivity index (χ0) is 48.6. The van der Waals surface area contributed by atoms with E-state index >= 15 is 0 Å². The third-order valence-electron chi connectivity index (χ3n) is 13.7. The van der Waals surface area contributed by atoms with Gasteiger partial charge >= 0.3 is 5.97 Å². The van der Waals surface area contributed by atoms with Crippen LogP contribution < -0.4 is 5.32 Å². The monoisotopic (exact) mass is 942 g/mol. The van der Waals surface area contributed by atoms with Crippen LogP contribution in [-0.4, -0.2) is 47.4 Å². The van der Waals surface area contributed by atoms with Gasteiger partial charge in [-0.05, 0) is 64.2 Å². The second kappa shape index (κ2) is 56.7. The Labute approximate surface area is 417 Å². The molecule has 0 rings (SSSR count). The number of aliphatic hydroxyl groups excluding tert-OH is 2. The van der Waals surface area contributed by atoms with Crippen molar-refractivity contribution in [2.24, 2.45) is 0 Å². The van der Waals surface area contributed by atoms with Gasteiger partial charge in [-0.2, -0.15) is 0 Å². The summed E-state index contributed by atoms with van der Waals surface area (Å²) in [4.78, 5) is 24.5. The molecule has 0 aromatic rings. The molecular weight excluding hydrogens is 827 g/mol. The van der Waals surface area contributed by atoms with E-state index in [1.807, 2.05) is 6.08 Å². The number of amides is 1. The maximum absolute atomic E-state index is 12.5. The summed E-state index contributed by atoms with van der Waals surface area (Å²) in [5, 5.41) is 23.2. The first kappa shape index (κ1) is 65.1. The average molecular weight is 943 g/mol. The van der Waals surface area contributed by atoms with Crippen LogP contribution >= 0.6 is 0 Å². The number of unbranched alkanes of at least 4 members (excludes halogenated alkanes) is 40. The summed E-state index contributed by atoms with van der Waals surface area (Å²) in [6.45, 7) is 4.87. The first-order valence-electron chi connectivity index (χ1n) is 29.8. The molecule has 0 saturated carbocycles. The summed E-state index contributed by atoms with van der Waals surface area (Å²) in [7, 11) is 0. The van der Waals surface area contributed by atoms with Gasteiger partial charge in [0.1, 0.15) is 0 Å². The minimum atomic E-state index is -0.851. The minimum absolute atomic E-state index is 0.00806. The van der Waals surface area contributed by atoms with E-state index in [0.717, 1.165) is 64.2 Å². The van der Waals surface area contributed by atoms with Gasteiger partial charge in [0.2, 0.25) is 5.91 Å². The maximum Gasteiger partial charge on any atom is 0.305 e. The van der Waals surface area contributed by atoms with Crippen LogP contribution in [0.4, 0.5) is 0 Å². The minimum Gasteiger partial charge on any atom is -0.466 e. The number of allylic oxidation sites excluding steroid dienone is 5. The Morgan fingerprint density at radius 3 is 1.16 bits per heavy atom. The van der Waals surface area contributed by atoms with Crippen LogP contribution in [0.25, 0.3) is 0 Å². The van der Waals surface area contributed by atoms with Crippen LogP contribution in [0.3, 0.4) is 0 Å². The fourth-order valence-corrected chi connectivity index (χ4v) is 9.08.